The van der Waals surface area contributed by atoms with Crippen molar-refractivity contribution in [2.24, 2.45) is 0 Å². The topological polar surface area (TPSA) is 95.9 Å². The number of aliphatic hydroxyl groups excluding tert-OH is 2. The fourth-order valence-corrected chi connectivity index (χ4v) is 7.04. The highest BCUT2D eigenvalue weighted by atomic mass is 16.5. The highest BCUT2D eigenvalue weighted by Crippen LogP contribution is 2.15. The molecular weight excluding hydrogens is 671 g/mol. The zero-order valence-electron chi connectivity index (χ0n) is 36.0. The summed E-state index contributed by atoms with van der Waals surface area (Å²) in [7, 11) is 0. The summed E-state index contributed by atoms with van der Waals surface area (Å²) in [5.74, 6) is -0.0951. The van der Waals surface area contributed by atoms with Crippen LogP contribution in [0.25, 0.3) is 0 Å². The Labute approximate surface area is 335 Å². The predicted molar refractivity (Wildman–Crippen MR) is 232 cm³/mol. The number of ether oxygens (including phenoxy) is 1. The second-order valence-electron chi connectivity index (χ2n) is 16.1. The van der Waals surface area contributed by atoms with Gasteiger partial charge in [0.25, 0.3) is 0 Å². The number of allylic oxidation sites excluding steroid dienone is 3. The van der Waals surface area contributed by atoms with Crippen molar-refractivity contribution < 1.29 is 24.5 Å². The molecule has 2 atom stereocenters. The summed E-state index contributed by atoms with van der Waals surface area (Å²) in [4.78, 5) is 24.3. The summed E-state index contributed by atoms with van der Waals surface area (Å²) < 4.78 is 5.44. The molecule has 0 aromatic heterocycles. The van der Waals surface area contributed by atoms with Crippen molar-refractivity contribution >= 4 is 11.9 Å². The van der Waals surface area contributed by atoms with E-state index in [1.165, 1.54) is 161 Å². The number of unbranched alkanes of at least 4 members (excludes halogenated alkanes) is 30. The minimum atomic E-state index is -0.849. The minimum absolute atomic E-state index is 0.0136. The first-order valence-electron chi connectivity index (χ1n) is 23.6. The van der Waals surface area contributed by atoms with Crippen molar-refractivity contribution in [1.29, 1.82) is 0 Å². The lowest BCUT2D eigenvalue weighted by Crippen LogP contribution is -2.45. The molecule has 0 radical (unpaired) electrons. The Bertz CT molecular complexity index is 843. The van der Waals surface area contributed by atoms with Gasteiger partial charge in [0.1, 0.15) is 0 Å². The first kappa shape index (κ1) is 52.3. The van der Waals surface area contributed by atoms with Crippen molar-refractivity contribution in [3.05, 3.63) is 24.3 Å². The SMILES string of the molecule is CCCCCC/C=C\CCCCCCCC(=O)OCCCCCCCCCCCCCCCCC(=O)NC(CO)C(O)/C=C/CCCCCCCCCC. The Morgan fingerprint density at radius 2 is 0.870 bits per heavy atom. The minimum Gasteiger partial charge on any atom is -0.466 e. The Balaban J connectivity index is 3.46. The molecule has 3 N–H and O–H groups in total. The molecule has 6 nitrogen and oxygen atoms in total. The lowest BCUT2D eigenvalue weighted by atomic mass is 10.0. The molecule has 2 unspecified atom stereocenters. The standard InChI is InChI=1S/C48H91NO5/c1-3-5-7-9-11-13-15-18-22-26-30-34-38-42-48(53)54-43-39-35-31-27-23-20-17-16-19-21-25-29-33-37-41-47(52)49-45(44-50)46(51)40-36-32-28-24-14-12-10-8-6-4-2/h13,15,36,40,45-46,50-51H,3-12,14,16-35,37-39,41-44H2,1-2H3,(H,49,52)/b15-13-,40-36+. The summed E-state index contributed by atoms with van der Waals surface area (Å²) in [6.07, 6.45) is 50.2. The van der Waals surface area contributed by atoms with E-state index in [2.05, 4.69) is 31.3 Å². The normalized spacial score (nSPS) is 12.9. The van der Waals surface area contributed by atoms with Gasteiger partial charge in [-0.05, 0) is 57.8 Å². The molecule has 0 saturated carbocycles. The molecule has 6 heteroatoms. The van der Waals surface area contributed by atoms with E-state index in [0.717, 1.165) is 57.8 Å². The van der Waals surface area contributed by atoms with E-state index >= 15 is 0 Å². The second-order valence-corrected chi connectivity index (χ2v) is 16.1. The third kappa shape index (κ3) is 40.0. The number of aliphatic hydroxyl groups is 2. The van der Waals surface area contributed by atoms with Gasteiger partial charge >= 0.3 is 5.97 Å². The van der Waals surface area contributed by atoms with E-state index < -0.39 is 12.1 Å². The van der Waals surface area contributed by atoms with Gasteiger partial charge in [-0.1, -0.05) is 199 Å². The number of rotatable bonds is 43. The molecule has 0 aliphatic carbocycles. The van der Waals surface area contributed by atoms with Crippen LogP contribution in [0, 0.1) is 0 Å². The molecule has 0 bridgehead atoms. The molecule has 0 heterocycles. The van der Waals surface area contributed by atoms with Crippen LogP contribution in [0.2, 0.25) is 0 Å². The molecule has 0 aromatic carbocycles. The van der Waals surface area contributed by atoms with E-state index in [0.29, 0.717) is 19.4 Å². The van der Waals surface area contributed by atoms with Crippen LogP contribution < -0.4 is 5.32 Å². The van der Waals surface area contributed by atoms with Crippen molar-refractivity contribution in [3.8, 4) is 0 Å². The van der Waals surface area contributed by atoms with Crippen LogP contribution in [0.3, 0.4) is 0 Å². The van der Waals surface area contributed by atoms with Crippen LogP contribution in [0.1, 0.15) is 245 Å². The number of carbonyl (C=O) groups is 2. The fraction of sp³-hybridized carbons (Fsp3) is 0.875. The number of carbonyl (C=O) groups excluding carboxylic acids is 2. The lowest BCUT2D eigenvalue weighted by Gasteiger charge is -2.20. The average Bonchev–Trinajstić information content (AvgIpc) is 3.17. The van der Waals surface area contributed by atoms with Gasteiger partial charge in [0.15, 0.2) is 0 Å². The lowest BCUT2D eigenvalue weighted by molar-refractivity contribution is -0.143. The van der Waals surface area contributed by atoms with Crippen LogP contribution in [-0.4, -0.2) is 47.4 Å². The van der Waals surface area contributed by atoms with Gasteiger partial charge in [-0.25, -0.2) is 0 Å². The molecule has 0 aliphatic heterocycles. The van der Waals surface area contributed by atoms with Gasteiger partial charge in [-0.2, -0.15) is 0 Å². The van der Waals surface area contributed by atoms with E-state index in [1.807, 2.05) is 6.08 Å². The largest absolute Gasteiger partial charge is 0.466 e. The van der Waals surface area contributed by atoms with E-state index in [9.17, 15) is 19.8 Å². The van der Waals surface area contributed by atoms with Crippen LogP contribution in [0.15, 0.2) is 24.3 Å². The molecule has 0 aromatic rings. The van der Waals surface area contributed by atoms with Gasteiger partial charge < -0.3 is 20.3 Å². The van der Waals surface area contributed by atoms with Gasteiger partial charge in [0.05, 0.1) is 25.4 Å². The molecule has 1 amide bonds. The van der Waals surface area contributed by atoms with E-state index in [4.69, 9.17) is 4.74 Å². The van der Waals surface area contributed by atoms with Gasteiger partial charge in [-0.3, -0.25) is 9.59 Å². The maximum Gasteiger partial charge on any atom is 0.305 e. The van der Waals surface area contributed by atoms with Crippen molar-refractivity contribution in [1.82, 2.24) is 5.32 Å². The van der Waals surface area contributed by atoms with Crippen LogP contribution in [-0.2, 0) is 14.3 Å². The number of esters is 1. The summed E-state index contributed by atoms with van der Waals surface area (Å²) in [6, 6.07) is -0.633. The molecule has 0 saturated heterocycles. The quantitative estimate of drug-likeness (QED) is 0.0327. The number of hydrogen-bond acceptors (Lipinski definition) is 5. The Morgan fingerprint density at radius 1 is 0.500 bits per heavy atom. The molecule has 54 heavy (non-hydrogen) atoms. The first-order valence-corrected chi connectivity index (χ1v) is 23.6. The number of nitrogens with one attached hydrogen (secondary N) is 1. The van der Waals surface area contributed by atoms with Crippen LogP contribution >= 0.6 is 0 Å². The first-order chi connectivity index (χ1) is 26.5. The second kappa shape index (κ2) is 44.1. The highest BCUT2D eigenvalue weighted by molar-refractivity contribution is 5.76. The Morgan fingerprint density at radius 3 is 1.33 bits per heavy atom. The third-order valence-electron chi connectivity index (χ3n) is 10.7. The zero-order chi connectivity index (χ0) is 39.4. The Hall–Kier alpha value is -1.66. The predicted octanol–water partition coefficient (Wildman–Crippen LogP) is 13.6. The number of amides is 1. The molecule has 318 valence electrons. The molecule has 0 fully saturated rings. The zero-order valence-corrected chi connectivity index (χ0v) is 36.0. The van der Waals surface area contributed by atoms with E-state index in [1.54, 1.807) is 6.08 Å². The van der Waals surface area contributed by atoms with Crippen LogP contribution in [0.5, 0.6) is 0 Å². The maximum absolute atomic E-state index is 12.4. The highest BCUT2D eigenvalue weighted by Gasteiger charge is 2.18. The molecule has 0 spiro atoms. The summed E-state index contributed by atoms with van der Waals surface area (Å²) in [6.45, 7) is 4.83. The van der Waals surface area contributed by atoms with Gasteiger partial charge in [0.2, 0.25) is 5.91 Å². The molecule has 0 aliphatic rings. The van der Waals surface area contributed by atoms with Crippen molar-refractivity contribution in [3.63, 3.8) is 0 Å². The molecule has 0 rings (SSSR count). The van der Waals surface area contributed by atoms with E-state index in [-0.39, 0.29) is 18.5 Å². The summed E-state index contributed by atoms with van der Waals surface area (Å²) >= 11 is 0. The average molecular weight is 762 g/mol. The monoisotopic (exact) mass is 762 g/mol. The summed E-state index contributed by atoms with van der Waals surface area (Å²) in [5, 5.41) is 22.9. The summed E-state index contributed by atoms with van der Waals surface area (Å²) in [5.41, 5.74) is 0. The maximum atomic E-state index is 12.4. The van der Waals surface area contributed by atoms with Gasteiger partial charge in [0, 0.05) is 12.8 Å². The number of hydrogen-bond donors (Lipinski definition) is 3. The Kier molecular flexibility index (Phi) is 42.7. The van der Waals surface area contributed by atoms with Crippen LogP contribution in [0.4, 0.5) is 0 Å². The van der Waals surface area contributed by atoms with Crippen molar-refractivity contribution in [2.75, 3.05) is 13.2 Å². The fourth-order valence-electron chi connectivity index (χ4n) is 7.04. The van der Waals surface area contributed by atoms with Gasteiger partial charge in [-0.15, -0.1) is 0 Å². The third-order valence-corrected chi connectivity index (χ3v) is 10.7. The smallest absolute Gasteiger partial charge is 0.305 e. The molecular formula is C48H91NO5. The van der Waals surface area contributed by atoms with Crippen molar-refractivity contribution in [2.45, 2.75) is 257 Å².